The zero-order valence-corrected chi connectivity index (χ0v) is 44.7. The van der Waals surface area contributed by atoms with E-state index in [1.807, 2.05) is 30.3 Å². The van der Waals surface area contributed by atoms with E-state index in [0.29, 0.717) is 66.7 Å². The number of nitrogens with two attached hydrogens (primary N) is 1. The minimum absolute atomic E-state index is 0.0474. The molecular weight excluding hydrogens is 1170 g/mol. The standard InChI is InChI=1S/C23H16F2N2O4S.C21H14F2N2O2.C9H6BrNO.C2H4Cl2O2S/c1-2-32(29,30)27-15-8-10-21(31-22-9-7-14(24)11-20(22)25)18(12-15)19-13-26-23(28)17-6-4-3-5-16(17)19;22-12-5-7-20(18(23)9-12)27-19-8-6-13(24)10-16(19)17-11-25-21(26)15-4-2-1-3-14(15)17;10-8-5-11-9(12)7-4-2-1-3-6(7)8;3-1-2-7(4,5)6/h2-13,27H,1H2,(H,26,28);1-11H,24H2,(H,25,26);1-5H,(H,11,12);1-2H2. The van der Waals surface area contributed by atoms with Crippen LogP contribution in [-0.4, -0.2) is 43.4 Å². The molecule has 10 aromatic rings. The third-order valence-corrected chi connectivity index (χ3v) is 14.2. The van der Waals surface area contributed by atoms with E-state index in [0.717, 1.165) is 39.5 Å². The number of sulfonamides is 1. The number of halogens is 7. The maximum Gasteiger partial charge on any atom is 0.255 e. The van der Waals surface area contributed by atoms with Gasteiger partial charge in [-0.15, -0.1) is 11.6 Å². The Morgan fingerprint density at radius 2 is 0.962 bits per heavy atom. The molecule has 78 heavy (non-hydrogen) atoms. The van der Waals surface area contributed by atoms with Gasteiger partial charge in [0.05, 0.1) is 5.75 Å². The monoisotopic (exact) mass is 1200 g/mol. The summed E-state index contributed by atoms with van der Waals surface area (Å²) in [6.07, 6.45) is 4.68. The second-order valence-electron chi connectivity index (χ2n) is 16.2. The number of anilines is 2. The molecule has 3 heterocycles. The number of H-pyrrole nitrogens is 3. The first-order valence-electron chi connectivity index (χ1n) is 22.6. The van der Waals surface area contributed by atoms with Crippen molar-refractivity contribution in [3.63, 3.8) is 0 Å². The van der Waals surface area contributed by atoms with E-state index in [1.165, 1.54) is 30.5 Å². The number of hydrogen-bond acceptors (Lipinski definition) is 10. The molecule has 0 fully saturated rings. The molecule has 0 unspecified atom stereocenters. The van der Waals surface area contributed by atoms with Gasteiger partial charge in [0, 0.05) is 112 Å². The van der Waals surface area contributed by atoms with Crippen LogP contribution < -0.4 is 36.6 Å². The average Bonchev–Trinajstić information content (AvgIpc) is 3.48. The molecule has 0 bridgehead atoms. The maximum absolute atomic E-state index is 14.2. The van der Waals surface area contributed by atoms with Crippen molar-refractivity contribution in [3.8, 4) is 45.3 Å². The van der Waals surface area contributed by atoms with Crippen molar-refractivity contribution >= 4 is 101 Å². The Morgan fingerprint density at radius 3 is 1.38 bits per heavy atom. The number of nitrogens with one attached hydrogen (secondary N) is 4. The molecule has 0 aliphatic rings. The fraction of sp³-hybridized carbons (Fsp3) is 0.0364. The van der Waals surface area contributed by atoms with Crippen LogP contribution >= 0.6 is 38.2 Å². The third kappa shape index (κ3) is 14.6. The van der Waals surface area contributed by atoms with Gasteiger partial charge in [-0.3, -0.25) is 19.1 Å². The average molecular weight is 1210 g/mol. The van der Waals surface area contributed by atoms with E-state index >= 15 is 0 Å². The predicted molar refractivity (Wildman–Crippen MR) is 303 cm³/mol. The first-order chi connectivity index (χ1) is 37.1. The van der Waals surface area contributed by atoms with Crippen molar-refractivity contribution in [1.82, 2.24) is 15.0 Å². The third-order valence-electron chi connectivity index (χ3n) is 11.0. The Bertz CT molecular complexity index is 4300. The van der Waals surface area contributed by atoms with E-state index in [1.54, 1.807) is 73.1 Å². The summed E-state index contributed by atoms with van der Waals surface area (Å²) in [7, 11) is -2.40. The number of aromatic nitrogens is 3. The van der Waals surface area contributed by atoms with Crippen molar-refractivity contribution in [3.05, 3.63) is 235 Å². The number of ether oxygens (including phenoxy) is 2. The van der Waals surface area contributed by atoms with Crippen molar-refractivity contribution in [2.75, 3.05) is 22.1 Å². The second kappa shape index (κ2) is 25.3. The summed E-state index contributed by atoms with van der Waals surface area (Å²) in [5.41, 5.74) is 8.16. The number of rotatable bonds is 11. The molecule has 0 radical (unpaired) electrons. The van der Waals surface area contributed by atoms with E-state index in [9.17, 15) is 48.8 Å². The molecule has 400 valence electrons. The van der Waals surface area contributed by atoms with Gasteiger partial charge in [0.2, 0.25) is 9.05 Å². The first kappa shape index (κ1) is 57.5. The number of benzene rings is 7. The molecule has 10 rings (SSSR count). The number of alkyl halides is 1. The summed E-state index contributed by atoms with van der Waals surface area (Å²) < 4.78 is 113. The molecule has 0 aliphatic carbocycles. The van der Waals surface area contributed by atoms with Crippen LogP contribution in [0, 0.1) is 23.3 Å². The normalized spacial score (nSPS) is 11.1. The quantitative estimate of drug-likeness (QED) is 0.0356. The van der Waals surface area contributed by atoms with E-state index in [4.69, 9.17) is 37.5 Å². The van der Waals surface area contributed by atoms with Gasteiger partial charge in [0.1, 0.15) is 23.1 Å². The van der Waals surface area contributed by atoms with Crippen molar-refractivity contribution in [1.29, 1.82) is 0 Å². The molecule has 3 aromatic heterocycles. The van der Waals surface area contributed by atoms with Crippen LogP contribution in [0.5, 0.6) is 23.0 Å². The highest BCUT2D eigenvalue weighted by Gasteiger charge is 2.18. The number of pyridine rings is 3. The number of aromatic amines is 3. The van der Waals surface area contributed by atoms with Gasteiger partial charge in [-0.2, -0.15) is 0 Å². The van der Waals surface area contributed by atoms with Gasteiger partial charge < -0.3 is 30.2 Å². The molecule has 0 saturated carbocycles. The molecule has 7 aromatic carbocycles. The highest BCUT2D eigenvalue weighted by molar-refractivity contribution is 9.10. The summed E-state index contributed by atoms with van der Waals surface area (Å²) >= 11 is 8.38. The Balaban J connectivity index is 0.000000171. The lowest BCUT2D eigenvalue weighted by molar-refractivity contribution is 0.439. The van der Waals surface area contributed by atoms with Crippen molar-refractivity contribution < 1.29 is 43.9 Å². The zero-order valence-electron chi connectivity index (χ0n) is 40.0. The van der Waals surface area contributed by atoms with Gasteiger partial charge >= 0.3 is 0 Å². The minimum Gasteiger partial charge on any atom is -0.454 e. The molecule has 0 amide bonds. The lowest BCUT2D eigenvalue weighted by Crippen LogP contribution is -2.09. The number of hydrogen-bond donors (Lipinski definition) is 5. The summed E-state index contributed by atoms with van der Waals surface area (Å²) in [5.74, 6) is -3.11. The van der Waals surface area contributed by atoms with Gasteiger partial charge in [-0.25, -0.2) is 34.4 Å². The van der Waals surface area contributed by atoms with E-state index in [2.05, 4.69) is 42.2 Å². The Hall–Kier alpha value is -8.21. The van der Waals surface area contributed by atoms with Crippen LogP contribution in [0.25, 0.3) is 54.6 Å². The highest BCUT2D eigenvalue weighted by Crippen LogP contribution is 2.40. The maximum atomic E-state index is 14.2. The molecule has 14 nitrogen and oxygen atoms in total. The smallest absolute Gasteiger partial charge is 0.255 e. The Morgan fingerprint density at radius 1 is 0.551 bits per heavy atom. The number of fused-ring (bicyclic) bond motifs is 3. The van der Waals surface area contributed by atoms with Crippen molar-refractivity contribution in [2.24, 2.45) is 0 Å². The second-order valence-corrected chi connectivity index (χ2v) is 22.0. The topological polar surface area (TPSA) is 223 Å². The predicted octanol–water partition coefficient (Wildman–Crippen LogP) is 13.1. The van der Waals surface area contributed by atoms with E-state index < -0.39 is 42.3 Å². The Kier molecular flexibility index (Phi) is 18.6. The van der Waals surface area contributed by atoms with Gasteiger partial charge in [0.25, 0.3) is 26.7 Å². The first-order valence-corrected chi connectivity index (χ1v) is 27.9. The summed E-state index contributed by atoms with van der Waals surface area (Å²) in [6, 6.07) is 36.6. The van der Waals surface area contributed by atoms with Crippen LogP contribution in [0.3, 0.4) is 0 Å². The molecular formula is C55H40BrCl2F4N5O9S2. The lowest BCUT2D eigenvalue weighted by atomic mass is 9.99. The SMILES string of the molecule is C=CS(=O)(=O)Nc1ccc(Oc2ccc(F)cc2F)c(-c2c[nH]c(=O)c3ccccc23)c1.Nc1ccc(Oc2ccc(F)cc2F)c(-c2c[nH]c(=O)c3ccccc23)c1.O=S(=O)(Cl)CCCl.O=c1[nH]cc(Br)c2ccccc12. The molecule has 23 heteroatoms. The summed E-state index contributed by atoms with van der Waals surface area (Å²) in [5, 5.41) is 4.62. The Labute approximate surface area is 459 Å². The van der Waals surface area contributed by atoms with Crippen LogP contribution in [0.4, 0.5) is 28.9 Å². The minimum atomic E-state index is -3.79. The van der Waals surface area contributed by atoms with Crippen LogP contribution in [0.15, 0.2) is 195 Å². The highest BCUT2D eigenvalue weighted by atomic mass is 79.9. The zero-order chi connectivity index (χ0) is 56.3. The van der Waals surface area contributed by atoms with Crippen LogP contribution in [0.2, 0.25) is 0 Å². The lowest BCUT2D eigenvalue weighted by Gasteiger charge is -2.15. The van der Waals surface area contributed by atoms with Gasteiger partial charge in [0.15, 0.2) is 23.1 Å². The largest absolute Gasteiger partial charge is 0.454 e. The van der Waals surface area contributed by atoms with Crippen LogP contribution in [-0.2, 0) is 19.1 Å². The van der Waals surface area contributed by atoms with E-state index in [-0.39, 0.29) is 51.2 Å². The summed E-state index contributed by atoms with van der Waals surface area (Å²) in [4.78, 5) is 43.5. The molecule has 0 spiro atoms. The fourth-order valence-electron chi connectivity index (χ4n) is 7.43. The van der Waals surface area contributed by atoms with Gasteiger partial charge in [-0.05, 0) is 106 Å². The molecule has 0 saturated heterocycles. The number of nitrogen functional groups attached to an aromatic ring is 1. The van der Waals surface area contributed by atoms with Crippen molar-refractivity contribution in [2.45, 2.75) is 0 Å². The van der Waals surface area contributed by atoms with Gasteiger partial charge in [-0.1, -0.05) is 61.2 Å². The molecule has 0 aliphatic heterocycles. The fourth-order valence-corrected chi connectivity index (χ4v) is 9.69. The molecule has 0 atom stereocenters. The van der Waals surface area contributed by atoms with Crippen LogP contribution in [0.1, 0.15) is 0 Å². The molecule has 6 N–H and O–H groups in total. The summed E-state index contributed by atoms with van der Waals surface area (Å²) in [6.45, 7) is 3.26.